The molecule has 2 aromatic rings. The Morgan fingerprint density at radius 1 is 1.38 bits per heavy atom. The van der Waals surface area contributed by atoms with Gasteiger partial charge in [-0.15, -0.1) is 0 Å². The zero-order valence-corrected chi connectivity index (χ0v) is 14.9. The van der Waals surface area contributed by atoms with Crippen LogP contribution >= 0.6 is 15.9 Å². The number of nitrogens with zero attached hydrogens (tertiary/aromatic N) is 3. The van der Waals surface area contributed by atoms with Gasteiger partial charge in [-0.25, -0.2) is 9.48 Å². The Balaban J connectivity index is 1.83. The number of benzene rings is 1. The lowest BCUT2D eigenvalue weighted by Gasteiger charge is -2.19. The molecule has 1 atom stereocenters. The van der Waals surface area contributed by atoms with Crippen LogP contribution < -0.4 is 15.8 Å². The lowest BCUT2D eigenvalue weighted by Crippen LogP contribution is -2.24. The van der Waals surface area contributed by atoms with E-state index < -0.39 is 0 Å². The van der Waals surface area contributed by atoms with Crippen LogP contribution in [0.4, 0.5) is 16.2 Å². The molecule has 1 N–H and O–H groups in total. The van der Waals surface area contributed by atoms with Gasteiger partial charge in [-0.1, -0.05) is 12.1 Å². The van der Waals surface area contributed by atoms with E-state index in [-0.39, 0.29) is 17.7 Å². The third-order valence-corrected chi connectivity index (χ3v) is 4.66. The number of cyclic esters (lactones) is 1. The van der Waals surface area contributed by atoms with Crippen molar-refractivity contribution in [1.82, 2.24) is 9.78 Å². The maximum absolute atomic E-state index is 11.9. The first-order chi connectivity index (χ1) is 11.5. The van der Waals surface area contributed by atoms with Crippen LogP contribution in [0, 0.1) is 0 Å². The standard InChI is InChI=1S/C16H17BrN4O3/c1-10(19-13-9-18-20(2)15(22)14(13)17)11-4-3-5-12(8-11)21-6-7-24-16(21)23/h3-5,8-10,19H,6-7H2,1-2H3. The van der Waals surface area contributed by atoms with Crippen LogP contribution in [0.1, 0.15) is 18.5 Å². The highest BCUT2D eigenvalue weighted by atomic mass is 79.9. The second-order valence-corrected chi connectivity index (χ2v) is 6.32. The summed E-state index contributed by atoms with van der Waals surface area (Å²) < 4.78 is 6.68. The number of aromatic nitrogens is 2. The van der Waals surface area contributed by atoms with Gasteiger partial charge in [0.2, 0.25) is 0 Å². The molecule has 1 aliphatic rings. The van der Waals surface area contributed by atoms with Crippen molar-refractivity contribution in [2.75, 3.05) is 23.4 Å². The molecule has 1 aliphatic heterocycles. The molecule has 1 unspecified atom stereocenters. The first-order valence-electron chi connectivity index (χ1n) is 7.50. The van der Waals surface area contributed by atoms with E-state index in [0.29, 0.717) is 23.3 Å². The van der Waals surface area contributed by atoms with Crippen LogP contribution in [-0.2, 0) is 11.8 Å². The van der Waals surface area contributed by atoms with Gasteiger partial charge in [0, 0.05) is 18.8 Å². The summed E-state index contributed by atoms with van der Waals surface area (Å²) >= 11 is 3.30. The maximum Gasteiger partial charge on any atom is 0.414 e. The Labute approximate surface area is 147 Å². The molecule has 126 valence electrons. The average molecular weight is 393 g/mol. The molecule has 0 aliphatic carbocycles. The molecule has 1 fully saturated rings. The zero-order valence-electron chi connectivity index (χ0n) is 13.3. The topological polar surface area (TPSA) is 76.5 Å². The van der Waals surface area contributed by atoms with Crippen molar-refractivity contribution >= 4 is 33.4 Å². The number of anilines is 2. The number of nitrogens with one attached hydrogen (secondary N) is 1. The minimum absolute atomic E-state index is 0.0752. The maximum atomic E-state index is 11.9. The number of ether oxygens (including phenoxy) is 1. The Hall–Kier alpha value is -2.35. The molecule has 1 aromatic carbocycles. The Kier molecular flexibility index (Phi) is 4.57. The predicted octanol–water partition coefficient (Wildman–Crippen LogP) is 2.67. The SMILES string of the molecule is CC(Nc1cnn(C)c(=O)c1Br)c1cccc(N2CCOC2=O)c1. The predicted molar refractivity (Wildman–Crippen MR) is 94.4 cm³/mol. The number of hydrogen-bond donors (Lipinski definition) is 1. The molecule has 1 amide bonds. The highest BCUT2D eigenvalue weighted by molar-refractivity contribution is 9.10. The van der Waals surface area contributed by atoms with Crippen LogP contribution in [0.15, 0.2) is 39.7 Å². The van der Waals surface area contributed by atoms with E-state index in [0.717, 1.165) is 11.3 Å². The zero-order chi connectivity index (χ0) is 17.3. The minimum Gasteiger partial charge on any atom is -0.447 e. The van der Waals surface area contributed by atoms with Crippen molar-refractivity contribution in [2.45, 2.75) is 13.0 Å². The molecule has 0 spiro atoms. The molecular weight excluding hydrogens is 376 g/mol. The van der Waals surface area contributed by atoms with Gasteiger partial charge >= 0.3 is 6.09 Å². The number of halogens is 1. The fourth-order valence-electron chi connectivity index (χ4n) is 2.52. The van der Waals surface area contributed by atoms with E-state index in [2.05, 4.69) is 26.3 Å². The Bertz CT molecular complexity index is 836. The van der Waals surface area contributed by atoms with Gasteiger partial charge in [-0.05, 0) is 40.5 Å². The van der Waals surface area contributed by atoms with Gasteiger partial charge in [-0.2, -0.15) is 5.10 Å². The molecule has 24 heavy (non-hydrogen) atoms. The summed E-state index contributed by atoms with van der Waals surface area (Å²) in [6.45, 7) is 2.93. The number of hydrogen-bond acceptors (Lipinski definition) is 5. The number of aryl methyl sites for hydroxylation is 1. The lowest BCUT2D eigenvalue weighted by atomic mass is 10.1. The van der Waals surface area contributed by atoms with Crippen molar-refractivity contribution in [3.63, 3.8) is 0 Å². The summed E-state index contributed by atoms with van der Waals surface area (Å²) in [5.74, 6) is 0. The van der Waals surface area contributed by atoms with E-state index in [1.165, 1.54) is 4.68 Å². The van der Waals surface area contributed by atoms with Crippen LogP contribution in [0.25, 0.3) is 0 Å². The van der Waals surface area contributed by atoms with Crippen LogP contribution in [0.2, 0.25) is 0 Å². The molecule has 3 rings (SSSR count). The van der Waals surface area contributed by atoms with E-state index in [9.17, 15) is 9.59 Å². The number of carbonyl (C=O) groups excluding carboxylic acids is 1. The largest absolute Gasteiger partial charge is 0.447 e. The van der Waals surface area contributed by atoms with Crippen molar-refractivity contribution in [2.24, 2.45) is 7.05 Å². The third-order valence-electron chi connectivity index (χ3n) is 3.89. The fraction of sp³-hybridized carbons (Fsp3) is 0.312. The molecule has 0 radical (unpaired) electrons. The molecular formula is C16H17BrN4O3. The summed E-state index contributed by atoms with van der Waals surface area (Å²) in [4.78, 5) is 25.2. The quantitative estimate of drug-likeness (QED) is 0.865. The normalized spacial score (nSPS) is 15.3. The van der Waals surface area contributed by atoms with Crippen molar-refractivity contribution in [1.29, 1.82) is 0 Å². The van der Waals surface area contributed by atoms with Crippen molar-refractivity contribution in [3.8, 4) is 0 Å². The molecule has 2 heterocycles. The van der Waals surface area contributed by atoms with Crippen molar-refractivity contribution in [3.05, 3.63) is 50.9 Å². The van der Waals surface area contributed by atoms with Crippen molar-refractivity contribution < 1.29 is 9.53 Å². The third kappa shape index (κ3) is 3.14. The highest BCUT2D eigenvalue weighted by Crippen LogP contribution is 2.27. The summed E-state index contributed by atoms with van der Waals surface area (Å²) in [7, 11) is 1.60. The summed E-state index contributed by atoms with van der Waals surface area (Å²) in [5, 5.41) is 7.29. The minimum atomic E-state index is -0.328. The first-order valence-corrected chi connectivity index (χ1v) is 8.29. The van der Waals surface area contributed by atoms with Gasteiger partial charge in [0.15, 0.2) is 0 Å². The molecule has 0 saturated carbocycles. The molecule has 0 bridgehead atoms. The van der Waals surface area contributed by atoms with E-state index in [1.807, 2.05) is 31.2 Å². The van der Waals surface area contributed by atoms with Gasteiger partial charge in [0.25, 0.3) is 5.56 Å². The number of carbonyl (C=O) groups is 1. The van der Waals surface area contributed by atoms with E-state index in [4.69, 9.17) is 4.74 Å². The summed E-state index contributed by atoms with van der Waals surface area (Å²) in [5.41, 5.74) is 2.20. The van der Waals surface area contributed by atoms with Gasteiger partial charge in [-0.3, -0.25) is 9.69 Å². The highest BCUT2D eigenvalue weighted by Gasteiger charge is 2.24. The molecule has 7 nitrogen and oxygen atoms in total. The first kappa shape index (κ1) is 16.5. The van der Waals surface area contributed by atoms with Gasteiger partial charge in [0.1, 0.15) is 11.1 Å². The second-order valence-electron chi connectivity index (χ2n) is 5.53. The van der Waals surface area contributed by atoms with Crippen LogP contribution in [0.3, 0.4) is 0 Å². The summed E-state index contributed by atoms with van der Waals surface area (Å²) in [6.07, 6.45) is 1.27. The monoisotopic (exact) mass is 392 g/mol. The van der Waals surface area contributed by atoms with Gasteiger partial charge < -0.3 is 10.1 Å². The van der Waals surface area contributed by atoms with E-state index in [1.54, 1.807) is 18.1 Å². The Morgan fingerprint density at radius 3 is 2.88 bits per heavy atom. The van der Waals surface area contributed by atoms with Crippen LogP contribution in [-0.4, -0.2) is 29.0 Å². The molecule has 1 saturated heterocycles. The number of amides is 1. The van der Waals surface area contributed by atoms with Crippen LogP contribution in [0.5, 0.6) is 0 Å². The second kappa shape index (κ2) is 6.64. The Morgan fingerprint density at radius 2 is 2.17 bits per heavy atom. The van der Waals surface area contributed by atoms with Gasteiger partial charge in [0.05, 0.1) is 18.4 Å². The lowest BCUT2D eigenvalue weighted by molar-refractivity contribution is 0.181. The number of rotatable bonds is 4. The molecule has 8 heteroatoms. The van der Waals surface area contributed by atoms with E-state index >= 15 is 0 Å². The average Bonchev–Trinajstić information content (AvgIpc) is 3.01. The fourth-order valence-corrected chi connectivity index (χ4v) is 2.99. The molecule has 1 aromatic heterocycles. The smallest absolute Gasteiger partial charge is 0.414 e. The summed E-state index contributed by atoms with van der Waals surface area (Å²) in [6, 6.07) is 7.59.